The third-order valence-corrected chi connectivity index (χ3v) is 3.05. The molecule has 0 saturated carbocycles. The van der Waals surface area contributed by atoms with E-state index in [1.54, 1.807) is 26.0 Å². The summed E-state index contributed by atoms with van der Waals surface area (Å²) in [6.45, 7) is 5.75. The van der Waals surface area contributed by atoms with Gasteiger partial charge in [-0.15, -0.1) is 0 Å². The van der Waals surface area contributed by atoms with Crippen LogP contribution >= 0.6 is 15.9 Å². The van der Waals surface area contributed by atoms with E-state index in [0.29, 0.717) is 24.2 Å². The summed E-state index contributed by atoms with van der Waals surface area (Å²) in [6, 6.07) is 5.32. The van der Waals surface area contributed by atoms with Crippen LogP contribution < -0.4 is 0 Å². The van der Waals surface area contributed by atoms with E-state index in [2.05, 4.69) is 15.9 Å². The molecule has 1 atom stereocenters. The van der Waals surface area contributed by atoms with Gasteiger partial charge in [0.25, 0.3) is 0 Å². The molecule has 0 bridgehead atoms. The lowest BCUT2D eigenvalue weighted by Crippen LogP contribution is -2.18. The topological polar surface area (TPSA) is 43.4 Å². The maximum atomic E-state index is 12.1. The maximum Gasteiger partial charge on any atom is 0.339 e. The third kappa shape index (κ3) is 3.19. The molecule has 0 aliphatic carbocycles. The van der Waals surface area contributed by atoms with Crippen molar-refractivity contribution >= 4 is 27.7 Å². The zero-order valence-electron chi connectivity index (χ0n) is 10.8. The van der Waals surface area contributed by atoms with Crippen molar-refractivity contribution in [3.05, 3.63) is 34.9 Å². The molecule has 0 amide bonds. The van der Waals surface area contributed by atoms with Gasteiger partial charge in [0.15, 0.2) is 5.78 Å². The Bertz CT molecular complexity index is 452. The van der Waals surface area contributed by atoms with E-state index in [0.717, 1.165) is 5.56 Å². The van der Waals surface area contributed by atoms with Gasteiger partial charge in [0, 0.05) is 5.56 Å². The molecule has 0 aliphatic rings. The molecule has 1 rings (SSSR count). The summed E-state index contributed by atoms with van der Waals surface area (Å²) in [4.78, 5) is 23.7. The van der Waals surface area contributed by atoms with Gasteiger partial charge in [-0.05, 0) is 25.8 Å². The molecule has 0 heterocycles. The fourth-order valence-electron chi connectivity index (χ4n) is 1.76. The van der Waals surface area contributed by atoms with Gasteiger partial charge in [-0.25, -0.2) is 4.79 Å². The second-order valence-corrected chi connectivity index (χ2v) is 5.27. The Morgan fingerprint density at radius 2 is 2.00 bits per heavy atom. The van der Waals surface area contributed by atoms with E-state index in [4.69, 9.17) is 4.74 Å². The minimum atomic E-state index is -0.425. The highest BCUT2D eigenvalue weighted by molar-refractivity contribution is 9.10. The number of rotatable bonds is 5. The second kappa shape index (κ2) is 6.69. The molecule has 1 aromatic carbocycles. The number of esters is 1. The van der Waals surface area contributed by atoms with Crippen molar-refractivity contribution in [3.63, 3.8) is 0 Å². The van der Waals surface area contributed by atoms with Crippen LogP contribution in [0.25, 0.3) is 0 Å². The van der Waals surface area contributed by atoms with Crippen LogP contribution in [0.2, 0.25) is 0 Å². The highest BCUT2D eigenvalue weighted by atomic mass is 79.9. The van der Waals surface area contributed by atoms with E-state index in [1.807, 2.05) is 13.0 Å². The minimum Gasteiger partial charge on any atom is -0.462 e. The van der Waals surface area contributed by atoms with Crippen LogP contribution in [0.4, 0.5) is 0 Å². The Morgan fingerprint density at radius 1 is 1.33 bits per heavy atom. The van der Waals surface area contributed by atoms with Gasteiger partial charge in [-0.2, -0.15) is 0 Å². The highest BCUT2D eigenvalue weighted by Crippen LogP contribution is 2.20. The fourth-order valence-corrected chi connectivity index (χ4v) is 2.01. The van der Waals surface area contributed by atoms with Crippen molar-refractivity contribution in [1.82, 2.24) is 0 Å². The number of carbonyl (C=O) groups excluding carboxylic acids is 2. The Labute approximate surface area is 116 Å². The number of aryl methyl sites for hydroxylation is 1. The van der Waals surface area contributed by atoms with E-state index in [1.165, 1.54) is 0 Å². The molecule has 18 heavy (non-hydrogen) atoms. The molecule has 0 radical (unpaired) electrons. The fraction of sp³-hybridized carbons (Fsp3) is 0.429. The number of benzene rings is 1. The summed E-state index contributed by atoms with van der Waals surface area (Å²) in [5.41, 5.74) is 1.67. The van der Waals surface area contributed by atoms with Crippen molar-refractivity contribution in [3.8, 4) is 0 Å². The molecule has 0 spiro atoms. The molecular formula is C14H17BrO3. The summed E-state index contributed by atoms with van der Waals surface area (Å²) < 4.78 is 5.03. The smallest absolute Gasteiger partial charge is 0.339 e. The van der Waals surface area contributed by atoms with Gasteiger partial charge in [0.05, 0.1) is 17.0 Å². The lowest BCUT2D eigenvalue weighted by Gasteiger charge is -2.13. The predicted octanol–water partition coefficient (Wildman–Crippen LogP) is 3.39. The Kier molecular flexibility index (Phi) is 5.54. The summed E-state index contributed by atoms with van der Waals surface area (Å²) in [6.07, 6.45) is 0.686. The molecule has 0 aromatic heterocycles. The molecule has 0 N–H and O–H groups in total. The minimum absolute atomic E-state index is 0.103. The lowest BCUT2D eigenvalue weighted by molar-refractivity contribution is 0.0522. The number of carbonyl (C=O) groups is 2. The zero-order valence-corrected chi connectivity index (χ0v) is 12.4. The van der Waals surface area contributed by atoms with E-state index >= 15 is 0 Å². The summed E-state index contributed by atoms with van der Waals surface area (Å²) in [5.74, 6) is -0.528. The molecule has 3 nitrogen and oxygen atoms in total. The normalized spacial score (nSPS) is 12.0. The van der Waals surface area contributed by atoms with Gasteiger partial charge in [0.2, 0.25) is 0 Å². The number of ketones is 1. The van der Waals surface area contributed by atoms with Gasteiger partial charge < -0.3 is 4.74 Å². The number of halogens is 1. The standard InChI is InChI=1S/C14H17BrO3/c1-4-10-7-6-8-11(13(16)9(3)15)12(10)14(17)18-5-2/h6-9H,4-5H2,1-3H3. The number of ether oxygens (including phenoxy) is 1. The molecule has 98 valence electrons. The molecular weight excluding hydrogens is 296 g/mol. The number of hydrogen-bond acceptors (Lipinski definition) is 3. The molecule has 1 unspecified atom stereocenters. The van der Waals surface area contributed by atoms with Crippen LogP contribution in [-0.2, 0) is 11.2 Å². The summed E-state index contributed by atoms with van der Waals surface area (Å²) in [5, 5.41) is 0. The average molecular weight is 313 g/mol. The van der Waals surface area contributed by atoms with Crippen LogP contribution in [-0.4, -0.2) is 23.2 Å². The van der Waals surface area contributed by atoms with E-state index < -0.39 is 5.97 Å². The SMILES string of the molecule is CCOC(=O)c1c(CC)cccc1C(=O)C(C)Br. The number of hydrogen-bond donors (Lipinski definition) is 0. The van der Waals surface area contributed by atoms with Crippen LogP contribution in [0.3, 0.4) is 0 Å². The quantitative estimate of drug-likeness (QED) is 0.475. The highest BCUT2D eigenvalue weighted by Gasteiger charge is 2.23. The molecule has 4 heteroatoms. The van der Waals surface area contributed by atoms with Gasteiger partial charge >= 0.3 is 5.97 Å². The monoisotopic (exact) mass is 312 g/mol. The molecule has 0 saturated heterocycles. The third-order valence-electron chi connectivity index (χ3n) is 2.64. The van der Waals surface area contributed by atoms with Crippen molar-refractivity contribution in [2.24, 2.45) is 0 Å². The lowest BCUT2D eigenvalue weighted by atomic mass is 9.95. The van der Waals surface area contributed by atoms with Gasteiger partial charge in [-0.1, -0.05) is 41.1 Å². The second-order valence-electron chi connectivity index (χ2n) is 3.89. The van der Waals surface area contributed by atoms with Crippen molar-refractivity contribution in [2.75, 3.05) is 6.61 Å². The summed E-state index contributed by atoms with van der Waals surface area (Å²) in [7, 11) is 0. The first-order chi connectivity index (χ1) is 8.52. The van der Waals surface area contributed by atoms with E-state index in [9.17, 15) is 9.59 Å². The van der Waals surface area contributed by atoms with E-state index in [-0.39, 0.29) is 10.6 Å². The largest absolute Gasteiger partial charge is 0.462 e. The van der Waals surface area contributed by atoms with Crippen LogP contribution in [0, 0.1) is 0 Å². The molecule has 0 aliphatic heterocycles. The predicted molar refractivity (Wildman–Crippen MR) is 74.5 cm³/mol. The maximum absolute atomic E-state index is 12.1. The van der Waals surface area contributed by atoms with Crippen molar-refractivity contribution in [2.45, 2.75) is 32.0 Å². The Balaban J connectivity index is 3.33. The first kappa shape index (κ1) is 14.9. The average Bonchev–Trinajstić information content (AvgIpc) is 2.36. The Morgan fingerprint density at radius 3 is 2.50 bits per heavy atom. The van der Waals surface area contributed by atoms with Crippen molar-refractivity contribution < 1.29 is 14.3 Å². The summed E-state index contributed by atoms with van der Waals surface area (Å²) >= 11 is 3.24. The van der Waals surface area contributed by atoms with Gasteiger partial charge in [-0.3, -0.25) is 4.79 Å². The first-order valence-electron chi connectivity index (χ1n) is 6.00. The number of alkyl halides is 1. The van der Waals surface area contributed by atoms with Crippen LogP contribution in [0.1, 0.15) is 47.1 Å². The first-order valence-corrected chi connectivity index (χ1v) is 6.91. The zero-order chi connectivity index (χ0) is 13.7. The molecule has 1 aromatic rings. The van der Waals surface area contributed by atoms with Gasteiger partial charge in [0.1, 0.15) is 0 Å². The van der Waals surface area contributed by atoms with Crippen LogP contribution in [0.5, 0.6) is 0 Å². The molecule has 0 fully saturated rings. The Hall–Kier alpha value is -1.16. The van der Waals surface area contributed by atoms with Crippen molar-refractivity contribution in [1.29, 1.82) is 0 Å². The van der Waals surface area contributed by atoms with Crippen LogP contribution in [0.15, 0.2) is 18.2 Å². The number of Topliss-reactive ketones (excluding diaryl/α,β-unsaturated/α-hetero) is 1.